The average Bonchev–Trinajstić information content (AvgIpc) is 2.66. The number of hydrogen-bond acceptors (Lipinski definition) is 4. The summed E-state index contributed by atoms with van der Waals surface area (Å²) in [6.07, 6.45) is 1.72. The molecule has 0 saturated carbocycles. The van der Waals surface area contributed by atoms with Crippen LogP contribution in [-0.2, 0) is 10.0 Å². The van der Waals surface area contributed by atoms with Gasteiger partial charge in [0.2, 0.25) is 10.0 Å². The van der Waals surface area contributed by atoms with Crippen LogP contribution in [0.3, 0.4) is 0 Å². The van der Waals surface area contributed by atoms with Crippen molar-refractivity contribution < 1.29 is 13.2 Å². The Hall–Kier alpha value is -2.69. The molecule has 0 radical (unpaired) electrons. The maximum absolute atomic E-state index is 12.5. The highest BCUT2D eigenvalue weighted by atomic mass is 32.2. The van der Waals surface area contributed by atoms with Gasteiger partial charge in [0.25, 0.3) is 5.91 Å². The minimum Gasteiger partial charge on any atom is -0.322 e. The van der Waals surface area contributed by atoms with Crippen LogP contribution in [0.2, 0.25) is 0 Å². The second kappa shape index (κ2) is 8.61. The SMILES string of the molecule is CCCCN(C)S(=O)(=O)c1ccc(NC(=O)c2ccc(C#N)cc2)cc1. The van der Waals surface area contributed by atoms with E-state index in [1.807, 2.05) is 13.0 Å². The molecule has 7 heteroatoms. The third kappa shape index (κ3) is 4.69. The van der Waals surface area contributed by atoms with E-state index in [0.717, 1.165) is 12.8 Å². The van der Waals surface area contributed by atoms with Crippen molar-refractivity contribution >= 4 is 21.6 Å². The summed E-state index contributed by atoms with van der Waals surface area (Å²) >= 11 is 0. The van der Waals surface area contributed by atoms with Gasteiger partial charge < -0.3 is 5.32 Å². The van der Waals surface area contributed by atoms with Gasteiger partial charge in [-0.1, -0.05) is 13.3 Å². The molecule has 0 unspecified atom stereocenters. The van der Waals surface area contributed by atoms with Gasteiger partial charge in [-0.05, 0) is 55.0 Å². The molecule has 2 aromatic carbocycles. The van der Waals surface area contributed by atoms with Crippen LogP contribution in [0.4, 0.5) is 5.69 Å². The molecular weight excluding hydrogens is 350 g/mol. The Morgan fingerprint density at radius 3 is 2.27 bits per heavy atom. The average molecular weight is 371 g/mol. The molecule has 2 aromatic rings. The van der Waals surface area contributed by atoms with E-state index in [-0.39, 0.29) is 10.8 Å². The summed E-state index contributed by atoms with van der Waals surface area (Å²) in [6, 6.07) is 14.3. The molecule has 0 spiro atoms. The molecule has 0 atom stereocenters. The number of nitrogens with one attached hydrogen (secondary N) is 1. The van der Waals surface area contributed by atoms with Crippen LogP contribution in [0.15, 0.2) is 53.4 Å². The van der Waals surface area contributed by atoms with Crippen molar-refractivity contribution in [2.75, 3.05) is 18.9 Å². The maximum Gasteiger partial charge on any atom is 0.255 e. The van der Waals surface area contributed by atoms with Crippen molar-refractivity contribution in [2.24, 2.45) is 0 Å². The standard InChI is InChI=1S/C19H21N3O3S/c1-3-4-13-22(2)26(24,25)18-11-9-17(10-12-18)21-19(23)16-7-5-15(14-20)6-8-16/h5-12H,3-4,13H2,1-2H3,(H,21,23). The highest BCUT2D eigenvalue weighted by Crippen LogP contribution is 2.18. The summed E-state index contributed by atoms with van der Waals surface area (Å²) in [4.78, 5) is 12.4. The first-order valence-electron chi connectivity index (χ1n) is 8.26. The summed E-state index contributed by atoms with van der Waals surface area (Å²) in [5, 5.41) is 11.5. The molecular formula is C19H21N3O3S. The van der Waals surface area contributed by atoms with Crippen LogP contribution in [0, 0.1) is 11.3 Å². The van der Waals surface area contributed by atoms with Crippen LogP contribution in [0.1, 0.15) is 35.7 Å². The quantitative estimate of drug-likeness (QED) is 0.809. The predicted octanol–water partition coefficient (Wildman–Crippen LogP) is 3.23. The largest absolute Gasteiger partial charge is 0.322 e. The Morgan fingerprint density at radius 2 is 1.73 bits per heavy atom. The van der Waals surface area contributed by atoms with Crippen molar-refractivity contribution in [1.82, 2.24) is 4.31 Å². The minimum atomic E-state index is -3.53. The highest BCUT2D eigenvalue weighted by molar-refractivity contribution is 7.89. The summed E-state index contributed by atoms with van der Waals surface area (Å²) in [5.74, 6) is -0.329. The fourth-order valence-electron chi connectivity index (χ4n) is 2.29. The fraction of sp³-hybridized carbons (Fsp3) is 0.263. The van der Waals surface area contributed by atoms with E-state index >= 15 is 0 Å². The second-order valence-electron chi connectivity index (χ2n) is 5.85. The molecule has 0 aliphatic heterocycles. The first-order chi connectivity index (χ1) is 12.4. The topological polar surface area (TPSA) is 90.3 Å². The number of rotatable bonds is 7. The zero-order chi connectivity index (χ0) is 19.2. The lowest BCUT2D eigenvalue weighted by Crippen LogP contribution is -2.27. The van der Waals surface area contributed by atoms with E-state index < -0.39 is 10.0 Å². The number of amides is 1. The molecule has 1 N–H and O–H groups in total. The molecule has 26 heavy (non-hydrogen) atoms. The van der Waals surface area contributed by atoms with Gasteiger partial charge in [-0.15, -0.1) is 0 Å². The van der Waals surface area contributed by atoms with Gasteiger partial charge in [-0.2, -0.15) is 5.26 Å². The maximum atomic E-state index is 12.5. The molecule has 6 nitrogen and oxygen atoms in total. The molecule has 0 fully saturated rings. The van der Waals surface area contributed by atoms with E-state index in [1.54, 1.807) is 43.4 Å². The number of nitriles is 1. The lowest BCUT2D eigenvalue weighted by Gasteiger charge is -2.17. The molecule has 0 bridgehead atoms. The minimum absolute atomic E-state index is 0.187. The molecule has 1 amide bonds. The van der Waals surface area contributed by atoms with Crippen molar-refractivity contribution in [2.45, 2.75) is 24.7 Å². The monoisotopic (exact) mass is 371 g/mol. The Labute approximate surface area is 154 Å². The van der Waals surface area contributed by atoms with Gasteiger partial charge in [0, 0.05) is 24.8 Å². The van der Waals surface area contributed by atoms with E-state index in [9.17, 15) is 13.2 Å². The van der Waals surface area contributed by atoms with Crippen molar-refractivity contribution in [3.63, 3.8) is 0 Å². The summed E-state index contributed by atoms with van der Waals surface area (Å²) in [5.41, 5.74) is 1.39. The molecule has 2 rings (SSSR count). The molecule has 0 aliphatic rings. The summed E-state index contributed by atoms with van der Waals surface area (Å²) in [6.45, 7) is 2.47. The number of nitrogens with zero attached hydrogens (tertiary/aromatic N) is 2. The number of benzene rings is 2. The molecule has 0 saturated heterocycles. The number of unbranched alkanes of at least 4 members (excludes halogenated alkanes) is 1. The second-order valence-corrected chi connectivity index (χ2v) is 7.89. The van der Waals surface area contributed by atoms with Gasteiger partial charge in [-0.25, -0.2) is 12.7 Å². The van der Waals surface area contributed by atoms with Crippen LogP contribution in [0.25, 0.3) is 0 Å². The summed E-state index contributed by atoms with van der Waals surface area (Å²) in [7, 11) is -1.97. The Bertz CT molecular complexity index is 899. The van der Waals surface area contributed by atoms with E-state index in [0.29, 0.717) is 23.4 Å². The van der Waals surface area contributed by atoms with Crippen molar-refractivity contribution in [3.05, 3.63) is 59.7 Å². The zero-order valence-electron chi connectivity index (χ0n) is 14.8. The highest BCUT2D eigenvalue weighted by Gasteiger charge is 2.20. The number of sulfonamides is 1. The van der Waals surface area contributed by atoms with E-state index in [2.05, 4.69) is 5.32 Å². The lowest BCUT2D eigenvalue weighted by atomic mass is 10.1. The number of anilines is 1. The molecule has 0 heterocycles. The van der Waals surface area contributed by atoms with Crippen LogP contribution < -0.4 is 5.32 Å². The van der Waals surface area contributed by atoms with Crippen molar-refractivity contribution in [1.29, 1.82) is 5.26 Å². The number of carbonyl (C=O) groups excluding carboxylic acids is 1. The number of carbonyl (C=O) groups is 1. The smallest absolute Gasteiger partial charge is 0.255 e. The third-order valence-electron chi connectivity index (χ3n) is 3.92. The first kappa shape index (κ1) is 19.6. The third-order valence-corrected chi connectivity index (χ3v) is 5.79. The van der Waals surface area contributed by atoms with Gasteiger partial charge >= 0.3 is 0 Å². The van der Waals surface area contributed by atoms with Crippen LogP contribution in [0.5, 0.6) is 0 Å². The van der Waals surface area contributed by atoms with Crippen molar-refractivity contribution in [3.8, 4) is 6.07 Å². The van der Waals surface area contributed by atoms with Gasteiger partial charge in [0.05, 0.1) is 16.5 Å². The zero-order valence-corrected chi connectivity index (χ0v) is 15.6. The van der Waals surface area contributed by atoms with Crippen LogP contribution >= 0.6 is 0 Å². The Balaban J connectivity index is 2.09. The predicted molar refractivity (Wildman–Crippen MR) is 100 cm³/mol. The molecule has 136 valence electrons. The lowest BCUT2D eigenvalue weighted by molar-refractivity contribution is 0.102. The Kier molecular flexibility index (Phi) is 6.50. The van der Waals surface area contributed by atoms with Gasteiger partial charge in [-0.3, -0.25) is 4.79 Å². The molecule has 0 aromatic heterocycles. The van der Waals surface area contributed by atoms with E-state index in [4.69, 9.17) is 5.26 Å². The first-order valence-corrected chi connectivity index (χ1v) is 9.70. The normalized spacial score (nSPS) is 11.2. The van der Waals surface area contributed by atoms with Crippen LogP contribution in [-0.4, -0.2) is 32.2 Å². The number of hydrogen-bond donors (Lipinski definition) is 1. The summed E-state index contributed by atoms with van der Waals surface area (Å²) < 4.78 is 26.3. The Morgan fingerprint density at radius 1 is 1.12 bits per heavy atom. The van der Waals surface area contributed by atoms with Gasteiger partial charge in [0.15, 0.2) is 0 Å². The van der Waals surface area contributed by atoms with Gasteiger partial charge in [0.1, 0.15) is 0 Å². The van der Waals surface area contributed by atoms with E-state index in [1.165, 1.54) is 16.4 Å². The molecule has 0 aliphatic carbocycles. The fourth-order valence-corrected chi connectivity index (χ4v) is 3.50.